The van der Waals surface area contributed by atoms with Crippen molar-refractivity contribution in [2.24, 2.45) is 5.92 Å². The number of aliphatic hydroxyl groups excluding tert-OH is 1. The van der Waals surface area contributed by atoms with E-state index in [1.165, 1.54) is 46.3 Å². The molecule has 6 nitrogen and oxygen atoms in total. The van der Waals surface area contributed by atoms with Gasteiger partial charge in [0.1, 0.15) is 11.3 Å². The van der Waals surface area contributed by atoms with E-state index >= 15 is 0 Å². The molecule has 1 aromatic heterocycles. The maximum atomic E-state index is 11.4. The molecule has 0 spiro atoms. The summed E-state index contributed by atoms with van der Waals surface area (Å²) in [6.07, 6.45) is 9.61. The Morgan fingerprint density at radius 3 is 2.67 bits per heavy atom. The number of hydrogen-bond acceptors (Lipinski definition) is 5. The number of ether oxygens (including phenoxy) is 2. The average Bonchev–Trinajstić information content (AvgIpc) is 3.09. The summed E-state index contributed by atoms with van der Waals surface area (Å²) in [5.74, 6) is 0.900. The number of aromatic nitrogens is 2. The minimum Gasteiger partial charge on any atom is -0.496 e. The highest BCUT2D eigenvalue weighted by Crippen LogP contribution is 2.26. The summed E-state index contributed by atoms with van der Waals surface area (Å²) in [6, 6.07) is 3.40. The second-order valence-electron chi connectivity index (χ2n) is 6.02. The number of hydrogen-bond donors (Lipinski definition) is 2. The lowest BCUT2D eigenvalue weighted by molar-refractivity contribution is 0.0597. The first-order valence-corrected chi connectivity index (χ1v) is 8.40. The van der Waals surface area contributed by atoms with Crippen molar-refractivity contribution in [2.75, 3.05) is 20.8 Å². The molecule has 0 radical (unpaired) electrons. The van der Waals surface area contributed by atoms with Crippen LogP contribution in [0.1, 0.15) is 48.9 Å². The highest BCUT2D eigenvalue weighted by molar-refractivity contribution is 5.97. The Balaban J connectivity index is 0.000000198. The minimum absolute atomic E-state index is 0.394. The summed E-state index contributed by atoms with van der Waals surface area (Å²) >= 11 is 0. The fourth-order valence-electron chi connectivity index (χ4n) is 3.07. The van der Waals surface area contributed by atoms with Crippen LogP contribution in [-0.4, -0.2) is 42.1 Å². The summed E-state index contributed by atoms with van der Waals surface area (Å²) in [5, 5.41) is 16.1. The minimum atomic E-state index is -0.421. The highest BCUT2D eigenvalue weighted by Gasteiger charge is 2.14. The Hall–Kier alpha value is -2.08. The lowest BCUT2D eigenvalue weighted by Gasteiger charge is -2.19. The van der Waals surface area contributed by atoms with Crippen molar-refractivity contribution < 1.29 is 19.4 Å². The summed E-state index contributed by atoms with van der Waals surface area (Å²) in [7, 11) is 2.84. The van der Waals surface area contributed by atoms with Crippen LogP contribution >= 0.6 is 0 Å². The molecule has 6 heteroatoms. The van der Waals surface area contributed by atoms with E-state index in [2.05, 4.69) is 14.9 Å². The number of rotatable bonds is 4. The smallest absolute Gasteiger partial charge is 0.341 e. The van der Waals surface area contributed by atoms with Crippen LogP contribution in [0.5, 0.6) is 5.75 Å². The van der Waals surface area contributed by atoms with Crippen LogP contribution in [0.15, 0.2) is 18.3 Å². The number of carbonyl (C=O) groups is 1. The number of fused-ring (bicyclic) bond motifs is 1. The quantitative estimate of drug-likeness (QED) is 0.838. The molecule has 0 atom stereocenters. The number of nitrogens with one attached hydrogen (secondary N) is 1. The lowest BCUT2D eigenvalue weighted by atomic mass is 9.87. The van der Waals surface area contributed by atoms with Crippen LogP contribution in [0, 0.1) is 5.92 Å². The first-order valence-electron chi connectivity index (χ1n) is 8.40. The van der Waals surface area contributed by atoms with E-state index in [4.69, 9.17) is 9.84 Å². The van der Waals surface area contributed by atoms with Gasteiger partial charge in [0, 0.05) is 18.1 Å². The number of nitrogens with zero attached hydrogens (tertiary/aromatic N) is 1. The molecule has 2 N–H and O–H groups in total. The van der Waals surface area contributed by atoms with Crippen LogP contribution in [0.2, 0.25) is 0 Å². The molecular weight excluding hydrogens is 308 g/mol. The van der Waals surface area contributed by atoms with E-state index in [1.54, 1.807) is 18.3 Å². The van der Waals surface area contributed by atoms with Gasteiger partial charge in [0.15, 0.2) is 0 Å². The molecule has 1 aliphatic rings. The third-order valence-corrected chi connectivity index (χ3v) is 4.43. The third-order valence-electron chi connectivity index (χ3n) is 4.43. The van der Waals surface area contributed by atoms with Crippen molar-refractivity contribution in [3.8, 4) is 5.75 Å². The molecule has 0 saturated heterocycles. The van der Waals surface area contributed by atoms with Crippen LogP contribution in [-0.2, 0) is 4.74 Å². The fourth-order valence-corrected chi connectivity index (χ4v) is 3.07. The molecule has 1 fully saturated rings. The van der Waals surface area contributed by atoms with Gasteiger partial charge >= 0.3 is 5.97 Å². The van der Waals surface area contributed by atoms with Gasteiger partial charge in [0.05, 0.1) is 25.9 Å². The Kier molecular flexibility index (Phi) is 7.06. The van der Waals surface area contributed by atoms with Crippen molar-refractivity contribution in [1.82, 2.24) is 10.2 Å². The van der Waals surface area contributed by atoms with Gasteiger partial charge in [-0.3, -0.25) is 5.10 Å². The first kappa shape index (κ1) is 18.3. The van der Waals surface area contributed by atoms with Gasteiger partial charge in [-0.05, 0) is 18.4 Å². The second kappa shape index (κ2) is 9.27. The van der Waals surface area contributed by atoms with Gasteiger partial charge in [0.25, 0.3) is 0 Å². The zero-order valence-electron chi connectivity index (χ0n) is 14.4. The largest absolute Gasteiger partial charge is 0.496 e. The lowest BCUT2D eigenvalue weighted by Crippen LogP contribution is -2.07. The maximum Gasteiger partial charge on any atom is 0.341 e. The fraction of sp³-hybridized carbons (Fsp3) is 0.556. The number of methoxy groups -OCH3 is 2. The molecule has 3 rings (SSSR count). The van der Waals surface area contributed by atoms with Gasteiger partial charge in [-0.25, -0.2) is 4.79 Å². The molecule has 0 aliphatic heterocycles. The van der Waals surface area contributed by atoms with Gasteiger partial charge in [-0.15, -0.1) is 0 Å². The number of benzene rings is 1. The Morgan fingerprint density at radius 2 is 2.04 bits per heavy atom. The van der Waals surface area contributed by atoms with Crippen molar-refractivity contribution in [3.63, 3.8) is 0 Å². The van der Waals surface area contributed by atoms with Crippen molar-refractivity contribution in [2.45, 2.75) is 38.5 Å². The Labute approximate surface area is 142 Å². The van der Waals surface area contributed by atoms with E-state index in [0.29, 0.717) is 17.9 Å². The summed E-state index contributed by atoms with van der Waals surface area (Å²) < 4.78 is 9.75. The third kappa shape index (κ3) is 4.71. The number of aromatic amines is 1. The summed E-state index contributed by atoms with van der Waals surface area (Å²) in [5.41, 5.74) is 1.22. The van der Waals surface area contributed by atoms with Gasteiger partial charge in [0.2, 0.25) is 0 Å². The van der Waals surface area contributed by atoms with E-state index in [9.17, 15) is 4.79 Å². The predicted molar refractivity (Wildman–Crippen MR) is 92.3 cm³/mol. The Morgan fingerprint density at radius 1 is 1.29 bits per heavy atom. The summed E-state index contributed by atoms with van der Waals surface area (Å²) in [4.78, 5) is 11.4. The molecule has 1 saturated carbocycles. The van der Waals surface area contributed by atoms with E-state index < -0.39 is 5.97 Å². The van der Waals surface area contributed by atoms with Gasteiger partial charge < -0.3 is 14.6 Å². The molecule has 0 unspecified atom stereocenters. The van der Waals surface area contributed by atoms with Crippen molar-refractivity contribution >= 4 is 16.9 Å². The number of esters is 1. The zero-order chi connectivity index (χ0) is 17.4. The molecular formula is C18H26N2O4. The van der Waals surface area contributed by atoms with E-state index in [0.717, 1.165) is 23.2 Å². The van der Waals surface area contributed by atoms with Crippen LogP contribution in [0.4, 0.5) is 0 Å². The van der Waals surface area contributed by atoms with Crippen LogP contribution < -0.4 is 4.74 Å². The molecule has 0 bridgehead atoms. The van der Waals surface area contributed by atoms with E-state index in [-0.39, 0.29) is 0 Å². The SMILES string of the molecule is COC(=O)c1cc2cn[nH]c2cc1OC.OCCC1CCCCC1. The number of carbonyl (C=O) groups excluding carboxylic acids is 1. The zero-order valence-corrected chi connectivity index (χ0v) is 14.4. The van der Waals surface area contributed by atoms with Gasteiger partial charge in [-0.2, -0.15) is 5.10 Å². The summed E-state index contributed by atoms with van der Waals surface area (Å²) in [6.45, 7) is 0.394. The van der Waals surface area contributed by atoms with Crippen LogP contribution in [0.25, 0.3) is 10.9 Å². The molecule has 1 aromatic carbocycles. The first-order chi connectivity index (χ1) is 11.7. The topological polar surface area (TPSA) is 84.4 Å². The monoisotopic (exact) mass is 334 g/mol. The molecule has 2 aromatic rings. The Bertz CT molecular complexity index is 645. The van der Waals surface area contributed by atoms with Gasteiger partial charge in [-0.1, -0.05) is 32.1 Å². The molecule has 24 heavy (non-hydrogen) atoms. The highest BCUT2D eigenvalue weighted by atomic mass is 16.5. The van der Waals surface area contributed by atoms with Crippen molar-refractivity contribution in [3.05, 3.63) is 23.9 Å². The molecule has 0 amide bonds. The average molecular weight is 334 g/mol. The van der Waals surface area contributed by atoms with Crippen molar-refractivity contribution in [1.29, 1.82) is 0 Å². The number of H-pyrrole nitrogens is 1. The second-order valence-corrected chi connectivity index (χ2v) is 6.02. The van der Waals surface area contributed by atoms with Crippen LogP contribution in [0.3, 0.4) is 0 Å². The molecule has 132 valence electrons. The molecule has 1 heterocycles. The normalized spacial score (nSPS) is 14.8. The predicted octanol–water partition coefficient (Wildman–Crippen LogP) is 3.31. The standard InChI is InChI=1S/C10H10N2O3.C8H16O/c1-14-9-4-8-6(5-11-12-8)3-7(9)10(13)15-2;9-7-6-8-4-2-1-3-5-8/h3-5H,1-2H3,(H,11,12);8-9H,1-7H2. The number of aliphatic hydroxyl groups is 1. The van der Waals surface area contributed by atoms with E-state index in [1.807, 2.05) is 0 Å². The molecule has 1 aliphatic carbocycles. The maximum absolute atomic E-state index is 11.4.